The molecule has 1 unspecified atom stereocenters. The average molecular weight is 417 g/mol. The number of piperazine rings is 1. The molecule has 24 heavy (non-hydrogen) atoms. The predicted octanol–water partition coefficient (Wildman–Crippen LogP) is 1.84. The van der Waals surface area contributed by atoms with Gasteiger partial charge in [0.05, 0.1) is 13.0 Å². The van der Waals surface area contributed by atoms with Gasteiger partial charge in [0, 0.05) is 36.7 Å². The summed E-state index contributed by atoms with van der Waals surface area (Å²) in [6.45, 7) is 3.46. The van der Waals surface area contributed by atoms with E-state index in [-0.39, 0.29) is 30.3 Å². The minimum Gasteiger partial charge on any atom is -0.340 e. The third kappa shape index (κ3) is 4.49. The Kier molecular flexibility index (Phi) is 7.07. The zero-order valence-corrected chi connectivity index (χ0v) is 15.9. The van der Waals surface area contributed by atoms with Crippen molar-refractivity contribution in [3.63, 3.8) is 0 Å². The van der Waals surface area contributed by atoms with E-state index in [0.717, 1.165) is 42.5 Å². The number of piperidine rings is 1. The van der Waals surface area contributed by atoms with E-state index in [2.05, 4.69) is 21.2 Å². The second-order valence-electron chi connectivity index (χ2n) is 6.17. The highest BCUT2D eigenvalue weighted by atomic mass is 79.9. The number of nitrogens with zero attached hydrogens (tertiary/aromatic N) is 2. The maximum atomic E-state index is 12.6. The second kappa shape index (κ2) is 8.83. The van der Waals surface area contributed by atoms with Crippen LogP contribution in [0.15, 0.2) is 28.7 Å². The number of carbonyl (C=O) groups is 2. The summed E-state index contributed by atoms with van der Waals surface area (Å²) in [7, 11) is 0. The molecule has 2 fully saturated rings. The molecule has 132 valence electrons. The van der Waals surface area contributed by atoms with Crippen LogP contribution in [0.2, 0.25) is 0 Å². The van der Waals surface area contributed by atoms with Crippen molar-refractivity contribution in [2.24, 2.45) is 0 Å². The van der Waals surface area contributed by atoms with E-state index in [1.807, 2.05) is 34.1 Å². The Morgan fingerprint density at radius 1 is 1.29 bits per heavy atom. The van der Waals surface area contributed by atoms with Gasteiger partial charge in [0.25, 0.3) is 0 Å². The van der Waals surface area contributed by atoms with Gasteiger partial charge in [-0.05, 0) is 24.5 Å². The maximum Gasteiger partial charge on any atom is 0.236 e. The molecule has 2 aliphatic heterocycles. The Balaban J connectivity index is 0.00000208. The van der Waals surface area contributed by atoms with Gasteiger partial charge >= 0.3 is 0 Å². The molecule has 1 aromatic rings. The van der Waals surface area contributed by atoms with Gasteiger partial charge in [0.2, 0.25) is 11.8 Å². The molecule has 1 atom stereocenters. The Morgan fingerprint density at radius 3 is 2.83 bits per heavy atom. The van der Waals surface area contributed by atoms with Crippen molar-refractivity contribution >= 4 is 40.2 Å². The zero-order chi connectivity index (χ0) is 16.2. The molecular weight excluding hydrogens is 394 g/mol. The first-order valence-electron chi connectivity index (χ1n) is 8.16. The zero-order valence-electron chi connectivity index (χ0n) is 13.5. The van der Waals surface area contributed by atoms with E-state index in [0.29, 0.717) is 19.5 Å². The first-order chi connectivity index (χ1) is 11.1. The number of carbonyl (C=O) groups excluding carboxylic acids is 2. The summed E-state index contributed by atoms with van der Waals surface area (Å²) in [4.78, 5) is 28.6. The summed E-state index contributed by atoms with van der Waals surface area (Å²) in [5.41, 5.74) is 1.01. The van der Waals surface area contributed by atoms with Gasteiger partial charge in [-0.1, -0.05) is 34.1 Å². The van der Waals surface area contributed by atoms with Crippen LogP contribution in [0.5, 0.6) is 0 Å². The minimum atomic E-state index is 0. The van der Waals surface area contributed by atoms with Crippen molar-refractivity contribution in [1.82, 2.24) is 15.1 Å². The summed E-state index contributed by atoms with van der Waals surface area (Å²) >= 11 is 3.50. The van der Waals surface area contributed by atoms with Gasteiger partial charge in [-0.15, -0.1) is 12.4 Å². The van der Waals surface area contributed by atoms with E-state index in [1.165, 1.54) is 0 Å². The molecule has 7 heteroatoms. The number of benzene rings is 1. The average Bonchev–Trinajstić information content (AvgIpc) is 2.57. The topological polar surface area (TPSA) is 52.7 Å². The number of rotatable bonds is 3. The highest BCUT2D eigenvalue weighted by molar-refractivity contribution is 9.10. The fraction of sp³-hybridized carbons (Fsp3) is 0.529. The van der Waals surface area contributed by atoms with Crippen LogP contribution >= 0.6 is 28.3 Å². The van der Waals surface area contributed by atoms with Crippen LogP contribution < -0.4 is 5.32 Å². The summed E-state index contributed by atoms with van der Waals surface area (Å²) in [6.07, 6.45) is 2.36. The van der Waals surface area contributed by atoms with Gasteiger partial charge < -0.3 is 15.1 Å². The molecule has 2 aliphatic rings. The molecule has 0 saturated carbocycles. The second-order valence-corrected chi connectivity index (χ2v) is 7.02. The van der Waals surface area contributed by atoms with Gasteiger partial charge in [0.1, 0.15) is 0 Å². The van der Waals surface area contributed by atoms with Crippen LogP contribution in [-0.2, 0) is 16.0 Å². The summed E-state index contributed by atoms with van der Waals surface area (Å²) in [6, 6.07) is 8.00. The molecule has 3 rings (SSSR count). The van der Waals surface area contributed by atoms with Gasteiger partial charge in [-0.25, -0.2) is 0 Å². The van der Waals surface area contributed by atoms with Crippen molar-refractivity contribution < 1.29 is 9.59 Å². The highest BCUT2D eigenvalue weighted by Crippen LogP contribution is 2.20. The predicted molar refractivity (Wildman–Crippen MR) is 99.3 cm³/mol. The van der Waals surface area contributed by atoms with Crippen LogP contribution in [0.4, 0.5) is 0 Å². The molecule has 0 aromatic heterocycles. The van der Waals surface area contributed by atoms with Crippen molar-refractivity contribution in [3.05, 3.63) is 34.3 Å². The number of nitrogens with one attached hydrogen (secondary N) is 1. The SMILES string of the molecule is Cl.O=C(Cc1ccccc1Br)N1CCCC(N2CCNCC2=O)C1. The van der Waals surface area contributed by atoms with Crippen LogP contribution in [0.3, 0.4) is 0 Å². The van der Waals surface area contributed by atoms with E-state index >= 15 is 0 Å². The minimum absolute atomic E-state index is 0. The lowest BCUT2D eigenvalue weighted by Gasteiger charge is -2.41. The molecule has 1 N–H and O–H groups in total. The molecule has 0 aliphatic carbocycles. The van der Waals surface area contributed by atoms with Crippen molar-refractivity contribution in [2.45, 2.75) is 25.3 Å². The van der Waals surface area contributed by atoms with Crippen LogP contribution in [0.1, 0.15) is 18.4 Å². The van der Waals surface area contributed by atoms with Crippen molar-refractivity contribution in [2.75, 3.05) is 32.7 Å². The largest absolute Gasteiger partial charge is 0.340 e. The summed E-state index contributed by atoms with van der Waals surface area (Å²) < 4.78 is 0.971. The van der Waals surface area contributed by atoms with Crippen molar-refractivity contribution in [1.29, 1.82) is 0 Å². The molecule has 0 bridgehead atoms. The molecule has 2 heterocycles. The fourth-order valence-corrected chi connectivity index (χ4v) is 3.78. The number of amides is 2. The van der Waals surface area contributed by atoms with Gasteiger partial charge in [-0.3, -0.25) is 9.59 Å². The van der Waals surface area contributed by atoms with Crippen LogP contribution in [0.25, 0.3) is 0 Å². The molecule has 2 saturated heterocycles. The van der Waals surface area contributed by atoms with Gasteiger partial charge in [-0.2, -0.15) is 0 Å². The van der Waals surface area contributed by atoms with E-state index < -0.39 is 0 Å². The lowest BCUT2D eigenvalue weighted by atomic mass is 10.0. The van der Waals surface area contributed by atoms with Crippen LogP contribution in [0, 0.1) is 0 Å². The Morgan fingerprint density at radius 2 is 2.08 bits per heavy atom. The molecule has 5 nitrogen and oxygen atoms in total. The normalized spacial score (nSPS) is 21.4. The fourth-order valence-electron chi connectivity index (χ4n) is 3.36. The number of halogens is 2. The molecule has 1 aromatic carbocycles. The molecule has 0 radical (unpaired) electrons. The van der Waals surface area contributed by atoms with Crippen molar-refractivity contribution in [3.8, 4) is 0 Å². The van der Waals surface area contributed by atoms with Crippen LogP contribution in [-0.4, -0.2) is 60.4 Å². The number of likely N-dealkylation sites (tertiary alicyclic amines) is 1. The number of hydrogen-bond donors (Lipinski definition) is 1. The lowest BCUT2D eigenvalue weighted by molar-refractivity contribution is -0.140. The molecular formula is C17H23BrClN3O2. The first kappa shape index (κ1) is 19.2. The third-order valence-electron chi connectivity index (χ3n) is 4.62. The number of hydrogen-bond acceptors (Lipinski definition) is 3. The summed E-state index contributed by atoms with van der Waals surface area (Å²) in [5, 5.41) is 3.10. The monoisotopic (exact) mass is 415 g/mol. The van der Waals surface area contributed by atoms with Gasteiger partial charge in [0.15, 0.2) is 0 Å². The Labute approximate surface area is 157 Å². The van der Waals surface area contributed by atoms with E-state index in [1.54, 1.807) is 0 Å². The highest BCUT2D eigenvalue weighted by Gasteiger charge is 2.31. The van der Waals surface area contributed by atoms with E-state index in [9.17, 15) is 9.59 Å². The molecule has 0 spiro atoms. The Hall–Kier alpha value is -1.11. The third-order valence-corrected chi connectivity index (χ3v) is 5.39. The van der Waals surface area contributed by atoms with E-state index in [4.69, 9.17) is 0 Å². The summed E-state index contributed by atoms with van der Waals surface area (Å²) in [5.74, 6) is 0.297. The molecule has 2 amide bonds. The quantitative estimate of drug-likeness (QED) is 0.818. The maximum absolute atomic E-state index is 12.6. The Bertz CT molecular complexity index is 599. The smallest absolute Gasteiger partial charge is 0.236 e. The standard InChI is InChI=1S/C17H22BrN3O2.ClH/c18-15-6-2-1-4-13(15)10-16(22)20-8-3-5-14(12-20)21-9-7-19-11-17(21)23;/h1-2,4,6,14,19H,3,5,7-12H2;1H. The first-order valence-corrected chi connectivity index (χ1v) is 8.96. The lowest BCUT2D eigenvalue weighted by Crippen LogP contribution is -2.57.